The number of para-hydroxylation sites is 2. The van der Waals surface area contributed by atoms with Gasteiger partial charge in [0.15, 0.2) is 5.78 Å². The fourth-order valence-corrected chi connectivity index (χ4v) is 5.78. The molecule has 4 rings (SSSR count). The Bertz CT molecular complexity index is 1020. The summed E-state index contributed by atoms with van der Waals surface area (Å²) < 4.78 is 0.987. The van der Waals surface area contributed by atoms with Crippen LogP contribution >= 0.6 is 27.3 Å². The molecule has 1 aliphatic heterocycles. The van der Waals surface area contributed by atoms with Crippen LogP contribution in [-0.2, 0) is 9.59 Å². The van der Waals surface area contributed by atoms with Crippen LogP contribution in [0.25, 0.3) is 0 Å². The third kappa shape index (κ3) is 3.68. The largest absolute Gasteiger partial charge is 0.357 e. The minimum Gasteiger partial charge on any atom is -0.357 e. The molecular weight excluding hydrogens is 448 g/mol. The van der Waals surface area contributed by atoms with Crippen LogP contribution in [0, 0.1) is 11.3 Å². The zero-order valence-electron chi connectivity index (χ0n) is 17.1. The third-order valence-corrected chi connectivity index (χ3v) is 7.17. The van der Waals surface area contributed by atoms with Crippen LogP contribution in [0.2, 0.25) is 0 Å². The summed E-state index contributed by atoms with van der Waals surface area (Å²) in [6.45, 7) is 8.07. The van der Waals surface area contributed by atoms with Gasteiger partial charge in [0, 0.05) is 28.5 Å². The van der Waals surface area contributed by atoms with Gasteiger partial charge in [0.25, 0.3) is 0 Å². The molecule has 4 nitrogen and oxygen atoms in total. The van der Waals surface area contributed by atoms with E-state index in [9.17, 15) is 9.59 Å². The summed E-state index contributed by atoms with van der Waals surface area (Å²) in [5, 5.41) is 3.54. The van der Waals surface area contributed by atoms with Crippen molar-refractivity contribution in [3.63, 3.8) is 0 Å². The second-order valence-corrected chi connectivity index (χ2v) is 11.4. The summed E-state index contributed by atoms with van der Waals surface area (Å²) in [5.41, 5.74) is 3.24. The monoisotopic (exact) mass is 472 g/mol. The molecule has 2 aromatic rings. The molecule has 29 heavy (non-hydrogen) atoms. The molecule has 1 aromatic carbocycles. The highest BCUT2D eigenvalue weighted by molar-refractivity contribution is 9.11. The quantitative estimate of drug-likeness (QED) is 0.556. The van der Waals surface area contributed by atoms with Crippen molar-refractivity contribution in [2.45, 2.75) is 46.6 Å². The van der Waals surface area contributed by atoms with E-state index >= 15 is 0 Å². The first kappa shape index (κ1) is 20.4. The molecule has 2 aliphatic rings. The standard InChI is InChI=1S/C23H25BrN2O2S/c1-13(2)22(28)26-16-8-6-5-7-14(16)25-15-11-23(3,4)12-17(27)20(15)21(26)18-9-10-19(24)29-18/h5-10,13,21,25H,11-12H2,1-4H3/t21-/m0/s1. The number of carbonyl (C=O) groups excluding carboxylic acids is 2. The number of hydrogen-bond acceptors (Lipinski definition) is 4. The third-order valence-electron chi connectivity index (χ3n) is 5.50. The second-order valence-electron chi connectivity index (χ2n) is 8.88. The van der Waals surface area contributed by atoms with E-state index in [0.717, 1.165) is 37.7 Å². The highest BCUT2D eigenvalue weighted by atomic mass is 79.9. The number of hydrogen-bond donors (Lipinski definition) is 1. The highest BCUT2D eigenvalue weighted by Gasteiger charge is 2.44. The Labute approximate surface area is 184 Å². The van der Waals surface area contributed by atoms with Crippen LogP contribution in [0.15, 0.2) is 51.5 Å². The number of rotatable bonds is 2. The van der Waals surface area contributed by atoms with Gasteiger partial charge in [0.2, 0.25) is 5.91 Å². The Morgan fingerprint density at radius 1 is 1.21 bits per heavy atom. The summed E-state index contributed by atoms with van der Waals surface area (Å²) in [6.07, 6.45) is 1.26. The number of fused-ring (bicyclic) bond motifs is 1. The molecule has 1 atom stereocenters. The number of carbonyl (C=O) groups is 2. The second kappa shape index (κ2) is 7.40. The first-order chi connectivity index (χ1) is 13.7. The van der Waals surface area contributed by atoms with Gasteiger partial charge in [-0.15, -0.1) is 11.3 Å². The normalized spacial score (nSPS) is 20.8. The molecule has 0 bridgehead atoms. The van der Waals surface area contributed by atoms with Gasteiger partial charge in [-0.05, 0) is 52.0 Å². The van der Waals surface area contributed by atoms with Crippen molar-refractivity contribution in [2.75, 3.05) is 10.2 Å². The zero-order valence-corrected chi connectivity index (χ0v) is 19.5. The number of Topliss-reactive ketones (excluding diaryl/α,β-unsaturated/α-hetero) is 1. The Kier molecular flexibility index (Phi) is 5.20. The maximum atomic E-state index is 13.5. The van der Waals surface area contributed by atoms with Gasteiger partial charge in [-0.1, -0.05) is 39.8 Å². The smallest absolute Gasteiger partial charge is 0.230 e. The van der Waals surface area contributed by atoms with Crippen LogP contribution in [0.5, 0.6) is 0 Å². The fourth-order valence-electron chi connectivity index (χ4n) is 4.25. The topological polar surface area (TPSA) is 49.4 Å². The predicted molar refractivity (Wildman–Crippen MR) is 122 cm³/mol. The SMILES string of the molecule is CC(C)C(=O)N1c2ccccc2NC2=C(C(=O)CC(C)(C)C2)[C@@H]1c1ccc(Br)s1. The van der Waals surface area contributed by atoms with Gasteiger partial charge in [-0.25, -0.2) is 0 Å². The molecule has 152 valence electrons. The van der Waals surface area contributed by atoms with Crippen molar-refractivity contribution >= 4 is 50.3 Å². The Balaban J connectivity index is 2.01. The van der Waals surface area contributed by atoms with Gasteiger partial charge in [0.05, 0.1) is 15.2 Å². The lowest BCUT2D eigenvalue weighted by Gasteiger charge is -2.37. The van der Waals surface area contributed by atoms with Crippen molar-refractivity contribution in [3.8, 4) is 0 Å². The molecule has 0 saturated heterocycles. The Hall–Kier alpha value is -1.92. The molecule has 1 amide bonds. The van der Waals surface area contributed by atoms with E-state index in [0.29, 0.717) is 6.42 Å². The van der Waals surface area contributed by atoms with Crippen molar-refractivity contribution in [1.29, 1.82) is 0 Å². The molecule has 1 N–H and O–H groups in total. The van der Waals surface area contributed by atoms with Crippen LogP contribution in [0.3, 0.4) is 0 Å². The average molecular weight is 473 g/mol. The van der Waals surface area contributed by atoms with Gasteiger partial charge >= 0.3 is 0 Å². The number of thiophene rings is 1. The van der Waals surface area contributed by atoms with E-state index in [1.165, 1.54) is 0 Å². The molecule has 2 heterocycles. The maximum absolute atomic E-state index is 13.5. The van der Waals surface area contributed by atoms with Crippen LogP contribution < -0.4 is 10.2 Å². The predicted octanol–water partition coefficient (Wildman–Crippen LogP) is 6.31. The van der Waals surface area contributed by atoms with Gasteiger partial charge in [-0.2, -0.15) is 0 Å². The van der Waals surface area contributed by atoms with Crippen LogP contribution in [-0.4, -0.2) is 11.7 Å². The van der Waals surface area contributed by atoms with Gasteiger partial charge < -0.3 is 5.32 Å². The molecule has 6 heteroatoms. The molecule has 1 aromatic heterocycles. The molecule has 0 saturated carbocycles. The summed E-state index contributed by atoms with van der Waals surface area (Å²) in [7, 11) is 0. The van der Waals surface area contributed by atoms with Crippen molar-refractivity contribution in [3.05, 3.63) is 56.3 Å². The lowest BCUT2D eigenvalue weighted by atomic mass is 9.74. The summed E-state index contributed by atoms with van der Waals surface area (Å²) in [5.74, 6) is -0.0565. The van der Waals surface area contributed by atoms with Crippen LogP contribution in [0.1, 0.15) is 51.5 Å². The van der Waals surface area contributed by atoms with Crippen molar-refractivity contribution in [1.82, 2.24) is 0 Å². The number of nitrogens with one attached hydrogen (secondary N) is 1. The van der Waals surface area contributed by atoms with Gasteiger partial charge in [0.1, 0.15) is 6.04 Å². The molecule has 0 spiro atoms. The van der Waals surface area contributed by atoms with E-state index in [1.54, 1.807) is 11.3 Å². The Morgan fingerprint density at radius 3 is 2.59 bits per heavy atom. The van der Waals surface area contributed by atoms with E-state index < -0.39 is 6.04 Å². The maximum Gasteiger partial charge on any atom is 0.230 e. The van der Waals surface area contributed by atoms with Gasteiger partial charge in [-0.3, -0.25) is 14.5 Å². The Morgan fingerprint density at radius 2 is 1.93 bits per heavy atom. The lowest BCUT2D eigenvalue weighted by molar-refractivity contribution is -0.122. The lowest BCUT2D eigenvalue weighted by Crippen LogP contribution is -2.41. The molecule has 1 aliphatic carbocycles. The van der Waals surface area contributed by atoms with E-state index in [1.807, 2.05) is 55.1 Å². The average Bonchev–Trinajstić information content (AvgIpc) is 2.99. The van der Waals surface area contributed by atoms with E-state index in [2.05, 4.69) is 35.1 Å². The molecule has 0 radical (unpaired) electrons. The fraction of sp³-hybridized carbons (Fsp3) is 0.391. The number of anilines is 2. The zero-order chi connectivity index (χ0) is 20.9. The van der Waals surface area contributed by atoms with E-state index in [4.69, 9.17) is 0 Å². The summed E-state index contributed by atoms with van der Waals surface area (Å²) >= 11 is 5.13. The summed E-state index contributed by atoms with van der Waals surface area (Å²) in [4.78, 5) is 29.7. The first-order valence-corrected chi connectivity index (χ1v) is 11.5. The summed E-state index contributed by atoms with van der Waals surface area (Å²) in [6, 6.07) is 11.4. The minimum atomic E-state index is -0.420. The number of ketones is 1. The molecule has 0 fully saturated rings. The highest BCUT2D eigenvalue weighted by Crippen LogP contribution is 2.49. The number of halogens is 1. The van der Waals surface area contributed by atoms with E-state index in [-0.39, 0.29) is 23.0 Å². The number of allylic oxidation sites excluding steroid dienone is 1. The van der Waals surface area contributed by atoms with Crippen LogP contribution in [0.4, 0.5) is 11.4 Å². The number of amides is 1. The first-order valence-electron chi connectivity index (χ1n) is 9.88. The number of nitrogens with zero attached hydrogens (tertiary/aromatic N) is 1. The molecule has 0 unspecified atom stereocenters. The van der Waals surface area contributed by atoms with Crippen molar-refractivity contribution < 1.29 is 9.59 Å². The molecular formula is C23H25BrN2O2S. The minimum absolute atomic E-state index is 0.0140. The number of benzene rings is 1. The van der Waals surface area contributed by atoms with Crippen molar-refractivity contribution in [2.24, 2.45) is 11.3 Å².